The number of carbonyl (C=O) groups excluding carboxylic acids is 2. The molecule has 0 aromatic heterocycles. The summed E-state index contributed by atoms with van der Waals surface area (Å²) in [5.41, 5.74) is 1.95. The molecule has 148 valence electrons. The van der Waals surface area contributed by atoms with E-state index in [2.05, 4.69) is 5.32 Å². The van der Waals surface area contributed by atoms with E-state index in [9.17, 15) is 14.7 Å². The van der Waals surface area contributed by atoms with Gasteiger partial charge in [0.15, 0.2) is 0 Å². The van der Waals surface area contributed by atoms with E-state index in [0.717, 1.165) is 11.1 Å². The molecule has 2 N–H and O–H groups in total. The van der Waals surface area contributed by atoms with Crippen LogP contribution in [0, 0.1) is 6.92 Å². The average Bonchev–Trinajstić information content (AvgIpc) is 3.02. The highest BCUT2D eigenvalue weighted by Crippen LogP contribution is 2.27. The van der Waals surface area contributed by atoms with Crippen molar-refractivity contribution in [2.24, 2.45) is 0 Å². The zero-order valence-electron chi connectivity index (χ0n) is 16.2. The van der Waals surface area contributed by atoms with Crippen molar-refractivity contribution in [1.82, 2.24) is 10.2 Å². The third-order valence-electron chi connectivity index (χ3n) is 4.80. The van der Waals surface area contributed by atoms with Crippen molar-refractivity contribution in [3.05, 3.63) is 53.1 Å². The van der Waals surface area contributed by atoms with Gasteiger partial charge < -0.3 is 24.8 Å². The van der Waals surface area contributed by atoms with Gasteiger partial charge in [-0.25, -0.2) is 0 Å². The summed E-state index contributed by atoms with van der Waals surface area (Å²) in [6, 6.07) is 9.99. The van der Waals surface area contributed by atoms with Gasteiger partial charge in [0.2, 0.25) is 5.91 Å². The summed E-state index contributed by atoms with van der Waals surface area (Å²) >= 11 is 0. The number of hydrogen-bond donors (Lipinski definition) is 2. The zero-order chi connectivity index (χ0) is 20.3. The summed E-state index contributed by atoms with van der Waals surface area (Å²) in [6.45, 7) is 2.62. The number of hydrogen-bond acceptors (Lipinski definition) is 5. The van der Waals surface area contributed by atoms with Crippen LogP contribution in [0.4, 0.5) is 0 Å². The fourth-order valence-electron chi connectivity index (χ4n) is 3.30. The lowest BCUT2D eigenvalue weighted by atomic mass is 10.1. The molecule has 1 heterocycles. The van der Waals surface area contributed by atoms with Crippen LogP contribution in [-0.4, -0.2) is 48.6 Å². The molecule has 28 heavy (non-hydrogen) atoms. The Hall–Kier alpha value is -3.22. The summed E-state index contributed by atoms with van der Waals surface area (Å²) in [4.78, 5) is 26.6. The molecule has 0 radical (unpaired) electrons. The van der Waals surface area contributed by atoms with Crippen molar-refractivity contribution in [2.75, 3.05) is 20.8 Å². The number of carbonyl (C=O) groups is 2. The number of methoxy groups -OCH3 is 2. The zero-order valence-corrected chi connectivity index (χ0v) is 16.2. The van der Waals surface area contributed by atoms with Gasteiger partial charge in [-0.3, -0.25) is 9.59 Å². The van der Waals surface area contributed by atoms with E-state index in [1.54, 1.807) is 37.3 Å². The predicted molar refractivity (Wildman–Crippen MR) is 104 cm³/mol. The van der Waals surface area contributed by atoms with Crippen molar-refractivity contribution < 1.29 is 24.2 Å². The SMILES string of the molecule is COc1ccc(CN2C[C@@H](NC(=O)c3cc(C)ccc3O)CC2=O)c(OC)c1. The number of nitrogens with zero attached hydrogens (tertiary/aromatic N) is 1. The van der Waals surface area contributed by atoms with Crippen LogP contribution in [0.2, 0.25) is 0 Å². The van der Waals surface area contributed by atoms with Crippen LogP contribution in [0.25, 0.3) is 0 Å². The lowest BCUT2D eigenvalue weighted by molar-refractivity contribution is -0.128. The van der Waals surface area contributed by atoms with Crippen LogP contribution in [0.5, 0.6) is 17.2 Å². The van der Waals surface area contributed by atoms with E-state index in [4.69, 9.17) is 9.47 Å². The van der Waals surface area contributed by atoms with E-state index in [-0.39, 0.29) is 35.6 Å². The molecule has 0 unspecified atom stereocenters. The molecule has 7 heteroatoms. The Kier molecular flexibility index (Phi) is 5.73. The fourth-order valence-corrected chi connectivity index (χ4v) is 3.30. The van der Waals surface area contributed by atoms with Crippen molar-refractivity contribution in [3.63, 3.8) is 0 Å². The standard InChI is InChI=1S/C21H24N2O5/c1-13-4-7-18(24)17(8-13)21(26)22-15-9-20(25)23(12-15)11-14-5-6-16(27-2)10-19(14)28-3/h4-8,10,15,24H,9,11-12H2,1-3H3,(H,22,26)/t15-/m0/s1. The number of rotatable bonds is 6. The van der Waals surface area contributed by atoms with Crippen LogP contribution < -0.4 is 14.8 Å². The second kappa shape index (κ2) is 8.21. The third-order valence-corrected chi connectivity index (χ3v) is 4.80. The van der Waals surface area contributed by atoms with Gasteiger partial charge in [-0.05, 0) is 31.2 Å². The average molecular weight is 384 g/mol. The monoisotopic (exact) mass is 384 g/mol. The molecule has 2 aromatic rings. The van der Waals surface area contributed by atoms with Gasteiger partial charge in [0.1, 0.15) is 17.2 Å². The molecular weight excluding hydrogens is 360 g/mol. The quantitative estimate of drug-likeness (QED) is 0.798. The Bertz CT molecular complexity index is 896. The maximum atomic E-state index is 12.5. The molecule has 0 aliphatic carbocycles. The maximum absolute atomic E-state index is 12.5. The maximum Gasteiger partial charge on any atom is 0.255 e. The van der Waals surface area contributed by atoms with Gasteiger partial charge in [-0.2, -0.15) is 0 Å². The van der Waals surface area contributed by atoms with Gasteiger partial charge in [0.25, 0.3) is 5.91 Å². The summed E-state index contributed by atoms with van der Waals surface area (Å²) in [6.07, 6.45) is 0.219. The van der Waals surface area contributed by atoms with Crippen molar-refractivity contribution in [3.8, 4) is 17.2 Å². The van der Waals surface area contributed by atoms with Crippen molar-refractivity contribution in [1.29, 1.82) is 0 Å². The molecule has 1 saturated heterocycles. The minimum absolute atomic E-state index is 0.0448. The molecule has 0 spiro atoms. The molecule has 1 aliphatic rings. The lowest BCUT2D eigenvalue weighted by Gasteiger charge is -2.19. The second-order valence-corrected chi connectivity index (χ2v) is 6.85. The fraction of sp³-hybridized carbons (Fsp3) is 0.333. The molecular formula is C21H24N2O5. The molecule has 3 rings (SSSR count). The Morgan fingerprint density at radius 3 is 2.71 bits per heavy atom. The lowest BCUT2D eigenvalue weighted by Crippen LogP contribution is -2.37. The number of aromatic hydroxyl groups is 1. The molecule has 0 bridgehead atoms. The van der Waals surface area contributed by atoms with Gasteiger partial charge in [-0.1, -0.05) is 11.6 Å². The Morgan fingerprint density at radius 1 is 1.21 bits per heavy atom. The number of aryl methyl sites for hydroxylation is 1. The van der Waals surface area contributed by atoms with Crippen LogP contribution in [0.15, 0.2) is 36.4 Å². The van der Waals surface area contributed by atoms with Crippen molar-refractivity contribution in [2.45, 2.75) is 25.9 Å². The first-order chi connectivity index (χ1) is 13.4. The van der Waals surface area contributed by atoms with Gasteiger partial charge in [0, 0.05) is 31.1 Å². The van der Waals surface area contributed by atoms with Gasteiger partial charge in [-0.15, -0.1) is 0 Å². The highest BCUT2D eigenvalue weighted by atomic mass is 16.5. The minimum Gasteiger partial charge on any atom is -0.507 e. The number of ether oxygens (including phenoxy) is 2. The van der Waals surface area contributed by atoms with Crippen molar-refractivity contribution >= 4 is 11.8 Å². The Balaban J connectivity index is 1.67. The number of benzene rings is 2. The molecule has 1 atom stereocenters. The molecule has 2 aromatic carbocycles. The summed E-state index contributed by atoms with van der Waals surface area (Å²) in [7, 11) is 3.15. The first kappa shape index (κ1) is 19.5. The van der Waals surface area contributed by atoms with E-state index in [1.807, 2.05) is 19.1 Å². The van der Waals surface area contributed by atoms with Crippen LogP contribution >= 0.6 is 0 Å². The largest absolute Gasteiger partial charge is 0.507 e. The normalized spacial score (nSPS) is 16.2. The summed E-state index contributed by atoms with van der Waals surface area (Å²) < 4.78 is 10.6. The van der Waals surface area contributed by atoms with E-state index in [1.165, 1.54) is 6.07 Å². The van der Waals surface area contributed by atoms with Crippen LogP contribution in [-0.2, 0) is 11.3 Å². The van der Waals surface area contributed by atoms with Crippen LogP contribution in [0.1, 0.15) is 27.9 Å². The van der Waals surface area contributed by atoms with E-state index in [0.29, 0.717) is 24.6 Å². The van der Waals surface area contributed by atoms with E-state index < -0.39 is 0 Å². The number of nitrogens with one attached hydrogen (secondary N) is 1. The Morgan fingerprint density at radius 2 is 2.00 bits per heavy atom. The molecule has 7 nitrogen and oxygen atoms in total. The summed E-state index contributed by atoms with van der Waals surface area (Å²) in [5, 5.41) is 12.8. The minimum atomic E-state index is -0.386. The first-order valence-electron chi connectivity index (χ1n) is 9.00. The Labute approximate surface area is 163 Å². The molecule has 2 amide bonds. The number of amides is 2. The smallest absolute Gasteiger partial charge is 0.255 e. The predicted octanol–water partition coefficient (Wildman–Crippen LogP) is 2.25. The first-order valence-corrected chi connectivity index (χ1v) is 9.00. The highest BCUT2D eigenvalue weighted by molar-refractivity contribution is 5.97. The molecule has 1 aliphatic heterocycles. The van der Waals surface area contributed by atoms with Gasteiger partial charge in [0.05, 0.1) is 25.8 Å². The number of likely N-dealkylation sites (tertiary alicyclic amines) is 1. The topological polar surface area (TPSA) is 88.1 Å². The van der Waals surface area contributed by atoms with E-state index >= 15 is 0 Å². The molecule has 0 saturated carbocycles. The van der Waals surface area contributed by atoms with Crippen LogP contribution in [0.3, 0.4) is 0 Å². The molecule has 1 fully saturated rings. The summed E-state index contributed by atoms with van der Waals surface area (Å²) in [5.74, 6) is 0.813. The number of phenolic OH excluding ortho intramolecular Hbond substituents is 1. The van der Waals surface area contributed by atoms with Gasteiger partial charge >= 0.3 is 0 Å². The second-order valence-electron chi connectivity index (χ2n) is 6.85. The number of phenols is 1. The highest BCUT2D eigenvalue weighted by Gasteiger charge is 2.31. The third kappa shape index (κ3) is 4.19.